The number of hydrogen-bond acceptors (Lipinski definition) is 1. The van der Waals surface area contributed by atoms with Gasteiger partial charge in [0, 0.05) is 12.2 Å². The molecule has 1 amide bonds. The molecule has 1 aliphatic heterocycles. The number of alkyl halides is 1. The van der Waals surface area contributed by atoms with E-state index in [2.05, 4.69) is 47.1 Å². The monoisotopic (exact) mass is 295 g/mol. The molecule has 3 heteroatoms. The summed E-state index contributed by atoms with van der Waals surface area (Å²) in [4.78, 5) is 13.7. The molecule has 0 saturated carbocycles. The van der Waals surface area contributed by atoms with Crippen LogP contribution in [0.5, 0.6) is 0 Å². The fraction of sp³-hybridized carbons (Fsp3) is 0.500. The highest BCUT2D eigenvalue weighted by atomic mass is 79.9. The van der Waals surface area contributed by atoms with Crippen molar-refractivity contribution < 1.29 is 4.79 Å². The number of benzene rings is 1. The van der Waals surface area contributed by atoms with E-state index in [9.17, 15) is 4.79 Å². The van der Waals surface area contributed by atoms with Crippen LogP contribution in [0.1, 0.15) is 31.7 Å². The fourth-order valence-electron chi connectivity index (χ4n) is 2.13. The number of amides is 1. The minimum atomic E-state index is 0.00210. The van der Waals surface area contributed by atoms with Crippen molar-refractivity contribution in [2.24, 2.45) is 0 Å². The lowest BCUT2D eigenvalue weighted by molar-refractivity contribution is -0.116. The van der Waals surface area contributed by atoms with Crippen LogP contribution in [0.4, 0.5) is 5.69 Å². The van der Waals surface area contributed by atoms with Crippen LogP contribution in [-0.4, -0.2) is 17.3 Å². The lowest BCUT2D eigenvalue weighted by Gasteiger charge is -2.16. The molecule has 17 heavy (non-hydrogen) atoms. The Morgan fingerprint density at radius 3 is 2.59 bits per heavy atom. The van der Waals surface area contributed by atoms with Gasteiger partial charge in [0.15, 0.2) is 0 Å². The first kappa shape index (κ1) is 12.6. The van der Waals surface area contributed by atoms with Gasteiger partial charge in [-0.15, -0.1) is 0 Å². The Morgan fingerprint density at radius 2 is 2.06 bits per heavy atom. The van der Waals surface area contributed by atoms with E-state index in [0.29, 0.717) is 0 Å². The molecule has 2 rings (SSSR count). The summed E-state index contributed by atoms with van der Waals surface area (Å²) in [7, 11) is 0. The van der Waals surface area contributed by atoms with Crippen LogP contribution < -0.4 is 4.90 Å². The molecular formula is C14H18BrNO. The number of anilines is 1. The van der Waals surface area contributed by atoms with Crippen molar-refractivity contribution in [1.29, 1.82) is 0 Å². The summed E-state index contributed by atoms with van der Waals surface area (Å²) >= 11 is 3.40. The highest BCUT2D eigenvalue weighted by molar-refractivity contribution is 9.10. The van der Waals surface area contributed by atoms with Crippen molar-refractivity contribution in [3.05, 3.63) is 29.8 Å². The molecule has 0 radical (unpaired) electrons. The van der Waals surface area contributed by atoms with Gasteiger partial charge in [-0.05, 0) is 37.0 Å². The first-order valence-corrected chi connectivity index (χ1v) is 7.18. The van der Waals surface area contributed by atoms with Crippen LogP contribution in [0.25, 0.3) is 0 Å². The number of hydrogen-bond donors (Lipinski definition) is 0. The van der Waals surface area contributed by atoms with Crippen LogP contribution in [0.2, 0.25) is 0 Å². The van der Waals surface area contributed by atoms with E-state index in [-0.39, 0.29) is 10.7 Å². The third-order valence-electron chi connectivity index (χ3n) is 3.21. The zero-order chi connectivity index (χ0) is 12.3. The van der Waals surface area contributed by atoms with E-state index in [4.69, 9.17) is 0 Å². The van der Waals surface area contributed by atoms with Crippen LogP contribution in [0.3, 0.4) is 0 Å². The van der Waals surface area contributed by atoms with E-state index < -0.39 is 0 Å². The number of rotatable bonds is 4. The number of aryl methyl sites for hydroxylation is 1. The molecule has 1 fully saturated rings. The molecule has 1 aliphatic rings. The summed E-state index contributed by atoms with van der Waals surface area (Å²) in [5, 5.41) is 0. The predicted molar refractivity (Wildman–Crippen MR) is 74.7 cm³/mol. The molecule has 0 aromatic heterocycles. The van der Waals surface area contributed by atoms with Gasteiger partial charge in [0.2, 0.25) is 5.91 Å². The van der Waals surface area contributed by atoms with E-state index in [1.165, 1.54) is 18.4 Å². The van der Waals surface area contributed by atoms with Gasteiger partial charge in [-0.3, -0.25) is 4.79 Å². The standard InChI is InChI=1S/C14H18BrNO/c1-2-3-4-11-5-7-12(8-6-11)16-10-9-13(15)14(16)17/h5-8,13H,2-4,9-10H2,1H3. The maximum Gasteiger partial charge on any atom is 0.240 e. The van der Waals surface area contributed by atoms with Gasteiger partial charge in [-0.25, -0.2) is 0 Å². The number of carbonyl (C=O) groups is 1. The van der Waals surface area contributed by atoms with Gasteiger partial charge in [-0.2, -0.15) is 0 Å². The maximum atomic E-state index is 11.8. The summed E-state index contributed by atoms with van der Waals surface area (Å²) in [5.41, 5.74) is 2.38. The quantitative estimate of drug-likeness (QED) is 0.778. The first-order valence-electron chi connectivity index (χ1n) is 6.26. The molecule has 1 aromatic carbocycles. The van der Waals surface area contributed by atoms with Gasteiger partial charge in [0.25, 0.3) is 0 Å². The highest BCUT2D eigenvalue weighted by Gasteiger charge is 2.30. The summed E-state index contributed by atoms with van der Waals surface area (Å²) in [6, 6.07) is 8.40. The summed E-state index contributed by atoms with van der Waals surface area (Å²) in [5.74, 6) is 0.186. The topological polar surface area (TPSA) is 20.3 Å². The molecule has 0 N–H and O–H groups in total. The van der Waals surface area contributed by atoms with Crippen molar-refractivity contribution in [3.63, 3.8) is 0 Å². The van der Waals surface area contributed by atoms with Crippen molar-refractivity contribution >= 4 is 27.5 Å². The summed E-state index contributed by atoms with van der Waals surface area (Å²) in [6.45, 7) is 3.02. The molecule has 0 spiro atoms. The van der Waals surface area contributed by atoms with Crippen LogP contribution in [0, 0.1) is 0 Å². The average molecular weight is 296 g/mol. The van der Waals surface area contributed by atoms with E-state index in [1.807, 2.05) is 4.90 Å². The normalized spacial score (nSPS) is 20.0. The fourth-order valence-corrected chi connectivity index (χ4v) is 2.58. The summed E-state index contributed by atoms with van der Waals surface area (Å²) in [6.07, 6.45) is 4.48. The lowest BCUT2D eigenvalue weighted by atomic mass is 10.1. The van der Waals surface area contributed by atoms with E-state index in [0.717, 1.165) is 25.1 Å². The Balaban J connectivity index is 2.05. The third kappa shape index (κ3) is 2.89. The lowest BCUT2D eigenvalue weighted by Crippen LogP contribution is -2.26. The molecule has 92 valence electrons. The number of nitrogens with zero attached hydrogens (tertiary/aromatic N) is 1. The highest BCUT2D eigenvalue weighted by Crippen LogP contribution is 2.25. The Bertz CT molecular complexity index is 388. The predicted octanol–water partition coefficient (Wildman–Crippen LogP) is 3.53. The Morgan fingerprint density at radius 1 is 1.35 bits per heavy atom. The average Bonchev–Trinajstić information content (AvgIpc) is 2.68. The Kier molecular flexibility index (Phi) is 4.21. The minimum Gasteiger partial charge on any atom is -0.311 e. The number of unbranched alkanes of at least 4 members (excludes halogenated alkanes) is 1. The van der Waals surface area contributed by atoms with Crippen molar-refractivity contribution in [3.8, 4) is 0 Å². The van der Waals surface area contributed by atoms with Gasteiger partial charge in [0.05, 0.1) is 4.83 Å². The SMILES string of the molecule is CCCCc1ccc(N2CCC(Br)C2=O)cc1. The molecule has 2 nitrogen and oxygen atoms in total. The van der Waals surface area contributed by atoms with E-state index in [1.54, 1.807) is 0 Å². The molecule has 1 aromatic rings. The Labute approximate surface area is 111 Å². The van der Waals surface area contributed by atoms with Crippen molar-refractivity contribution in [2.45, 2.75) is 37.4 Å². The van der Waals surface area contributed by atoms with Crippen LogP contribution >= 0.6 is 15.9 Å². The molecule has 1 unspecified atom stereocenters. The molecular weight excluding hydrogens is 278 g/mol. The zero-order valence-corrected chi connectivity index (χ0v) is 11.7. The van der Waals surface area contributed by atoms with Gasteiger partial charge >= 0.3 is 0 Å². The largest absolute Gasteiger partial charge is 0.311 e. The molecule has 1 saturated heterocycles. The zero-order valence-electron chi connectivity index (χ0n) is 10.2. The maximum absolute atomic E-state index is 11.8. The van der Waals surface area contributed by atoms with Gasteiger partial charge < -0.3 is 4.90 Å². The van der Waals surface area contributed by atoms with Crippen LogP contribution in [-0.2, 0) is 11.2 Å². The number of halogens is 1. The first-order chi connectivity index (χ1) is 8.22. The number of carbonyl (C=O) groups excluding carboxylic acids is 1. The molecule has 0 aliphatic carbocycles. The third-order valence-corrected chi connectivity index (χ3v) is 4.06. The second-order valence-corrected chi connectivity index (χ2v) is 5.62. The van der Waals surface area contributed by atoms with E-state index >= 15 is 0 Å². The second kappa shape index (κ2) is 5.67. The summed E-state index contributed by atoms with van der Waals surface area (Å²) < 4.78 is 0. The smallest absolute Gasteiger partial charge is 0.240 e. The Hall–Kier alpha value is -0.830. The van der Waals surface area contributed by atoms with Crippen molar-refractivity contribution in [2.75, 3.05) is 11.4 Å². The second-order valence-electron chi connectivity index (χ2n) is 4.52. The minimum absolute atomic E-state index is 0.00210. The van der Waals surface area contributed by atoms with Gasteiger partial charge in [-0.1, -0.05) is 41.4 Å². The molecule has 1 atom stereocenters. The van der Waals surface area contributed by atoms with Crippen molar-refractivity contribution in [1.82, 2.24) is 0 Å². The molecule has 1 heterocycles. The van der Waals surface area contributed by atoms with Crippen LogP contribution in [0.15, 0.2) is 24.3 Å². The molecule has 0 bridgehead atoms. The van der Waals surface area contributed by atoms with Gasteiger partial charge in [0.1, 0.15) is 0 Å².